The van der Waals surface area contributed by atoms with Gasteiger partial charge in [-0.2, -0.15) is 0 Å². The monoisotopic (exact) mass is 354 g/mol. The Bertz CT molecular complexity index is 1110. The van der Waals surface area contributed by atoms with E-state index >= 15 is 0 Å². The molecule has 4 aromatic rings. The first-order valence-electron chi connectivity index (χ1n) is 9.44. The highest BCUT2D eigenvalue weighted by atomic mass is 15.2. The molecule has 134 valence electrons. The topological polar surface area (TPSA) is 54.2 Å². The minimum Gasteiger partial charge on any atom is -0.398 e. The van der Waals surface area contributed by atoms with Crippen molar-refractivity contribution in [1.82, 2.24) is 10.3 Å². The normalized spacial score (nSPS) is 14.7. The number of nitrogens with zero attached hydrogens (tertiary/aromatic N) is 2. The van der Waals surface area contributed by atoms with Gasteiger partial charge < -0.3 is 16.0 Å². The van der Waals surface area contributed by atoms with E-state index in [2.05, 4.69) is 52.7 Å². The summed E-state index contributed by atoms with van der Waals surface area (Å²) < 4.78 is 0. The first-order chi connectivity index (χ1) is 13.3. The minimum atomic E-state index is 0.770. The summed E-state index contributed by atoms with van der Waals surface area (Å²) in [5, 5.41) is 5.58. The summed E-state index contributed by atoms with van der Waals surface area (Å²) in [6.07, 6.45) is 0. The summed E-state index contributed by atoms with van der Waals surface area (Å²) in [5.41, 5.74) is 12.7. The van der Waals surface area contributed by atoms with Gasteiger partial charge in [0, 0.05) is 53.9 Å². The molecule has 0 amide bonds. The zero-order valence-electron chi connectivity index (χ0n) is 15.2. The predicted octanol–water partition coefficient (Wildman–Crippen LogP) is 4.05. The number of aromatic nitrogens is 1. The first kappa shape index (κ1) is 16.1. The number of anilines is 2. The molecule has 27 heavy (non-hydrogen) atoms. The van der Waals surface area contributed by atoms with E-state index in [0.717, 1.165) is 53.7 Å². The standard InChI is InChI=1S/C23H22N4/c24-19-5-3-7-21-23(19)22(18-4-1-2-6-20(18)26-21)16-8-10-17(11-9-16)27-14-12-25-13-15-27/h1-11,25H,12-15,24H2. The molecule has 1 aliphatic heterocycles. The van der Waals surface area contributed by atoms with E-state index in [1.807, 2.05) is 24.3 Å². The highest BCUT2D eigenvalue weighted by Crippen LogP contribution is 2.38. The van der Waals surface area contributed by atoms with Crippen molar-refractivity contribution in [3.8, 4) is 11.1 Å². The number of fused-ring (bicyclic) bond motifs is 2. The number of nitrogens with two attached hydrogens (primary N) is 1. The number of rotatable bonds is 2. The van der Waals surface area contributed by atoms with E-state index in [9.17, 15) is 0 Å². The van der Waals surface area contributed by atoms with Crippen LogP contribution in [-0.2, 0) is 0 Å². The molecule has 3 N–H and O–H groups in total. The van der Waals surface area contributed by atoms with Crippen LogP contribution in [0, 0.1) is 0 Å². The molecule has 4 nitrogen and oxygen atoms in total. The van der Waals surface area contributed by atoms with Crippen molar-refractivity contribution >= 4 is 33.2 Å². The molecule has 1 fully saturated rings. The van der Waals surface area contributed by atoms with Gasteiger partial charge in [-0.3, -0.25) is 0 Å². The van der Waals surface area contributed by atoms with Crippen LogP contribution in [-0.4, -0.2) is 31.2 Å². The fourth-order valence-corrected chi connectivity index (χ4v) is 4.03. The van der Waals surface area contributed by atoms with Crippen molar-refractivity contribution in [2.24, 2.45) is 0 Å². The summed E-state index contributed by atoms with van der Waals surface area (Å²) in [5.74, 6) is 0. The molecule has 0 unspecified atom stereocenters. The Hall–Kier alpha value is -3.11. The highest BCUT2D eigenvalue weighted by Gasteiger charge is 2.15. The first-order valence-corrected chi connectivity index (χ1v) is 9.44. The summed E-state index contributed by atoms with van der Waals surface area (Å²) in [6, 6.07) is 23.1. The van der Waals surface area contributed by atoms with E-state index < -0.39 is 0 Å². The van der Waals surface area contributed by atoms with Crippen molar-refractivity contribution < 1.29 is 0 Å². The van der Waals surface area contributed by atoms with Crippen LogP contribution in [0.3, 0.4) is 0 Å². The molecular formula is C23H22N4. The third-order valence-electron chi connectivity index (χ3n) is 5.38. The average molecular weight is 354 g/mol. The Morgan fingerprint density at radius 2 is 1.56 bits per heavy atom. The molecule has 3 aromatic carbocycles. The Labute approximate surface area is 158 Å². The molecule has 0 spiro atoms. The molecule has 1 aromatic heterocycles. The lowest BCUT2D eigenvalue weighted by Crippen LogP contribution is -2.43. The van der Waals surface area contributed by atoms with Gasteiger partial charge in [0.2, 0.25) is 0 Å². The number of piperazine rings is 1. The molecule has 1 saturated heterocycles. The Morgan fingerprint density at radius 3 is 2.37 bits per heavy atom. The molecule has 0 saturated carbocycles. The lowest BCUT2D eigenvalue weighted by Gasteiger charge is -2.29. The van der Waals surface area contributed by atoms with Crippen LogP contribution in [0.4, 0.5) is 11.4 Å². The van der Waals surface area contributed by atoms with Crippen LogP contribution < -0.4 is 16.0 Å². The third kappa shape index (κ3) is 2.78. The molecule has 0 bridgehead atoms. The SMILES string of the molecule is Nc1cccc2nc3ccccc3c(-c3ccc(N4CCNCC4)cc3)c12. The van der Waals surface area contributed by atoms with Gasteiger partial charge in [0.05, 0.1) is 11.0 Å². The lowest BCUT2D eigenvalue weighted by molar-refractivity contribution is 0.589. The molecule has 2 heterocycles. The van der Waals surface area contributed by atoms with Crippen LogP contribution in [0.5, 0.6) is 0 Å². The maximum Gasteiger partial charge on any atom is 0.0736 e. The molecule has 4 heteroatoms. The second kappa shape index (κ2) is 6.56. The van der Waals surface area contributed by atoms with Crippen LogP contribution >= 0.6 is 0 Å². The largest absolute Gasteiger partial charge is 0.398 e. The molecule has 5 rings (SSSR count). The number of pyridine rings is 1. The van der Waals surface area contributed by atoms with Crippen molar-refractivity contribution in [3.63, 3.8) is 0 Å². The van der Waals surface area contributed by atoms with Gasteiger partial charge in [-0.1, -0.05) is 36.4 Å². The number of nitrogen functional groups attached to an aromatic ring is 1. The Balaban J connectivity index is 1.71. The second-order valence-corrected chi connectivity index (χ2v) is 7.03. The van der Waals surface area contributed by atoms with Crippen LogP contribution in [0.25, 0.3) is 32.9 Å². The number of para-hydroxylation sites is 1. The zero-order valence-corrected chi connectivity index (χ0v) is 15.2. The molecule has 0 aliphatic carbocycles. The maximum absolute atomic E-state index is 6.38. The Morgan fingerprint density at radius 1 is 0.815 bits per heavy atom. The number of benzene rings is 3. The number of hydrogen-bond donors (Lipinski definition) is 2. The van der Waals surface area contributed by atoms with Gasteiger partial charge in [-0.05, 0) is 35.9 Å². The summed E-state index contributed by atoms with van der Waals surface area (Å²) in [4.78, 5) is 7.25. The van der Waals surface area contributed by atoms with Gasteiger partial charge in [0.25, 0.3) is 0 Å². The van der Waals surface area contributed by atoms with Gasteiger partial charge >= 0.3 is 0 Å². The smallest absolute Gasteiger partial charge is 0.0736 e. The number of nitrogens with one attached hydrogen (secondary N) is 1. The Kier molecular flexibility index (Phi) is 3.91. The second-order valence-electron chi connectivity index (χ2n) is 7.03. The summed E-state index contributed by atoms with van der Waals surface area (Å²) in [7, 11) is 0. The van der Waals surface area contributed by atoms with Crippen molar-refractivity contribution in [2.45, 2.75) is 0 Å². The fourth-order valence-electron chi connectivity index (χ4n) is 4.03. The lowest BCUT2D eigenvalue weighted by atomic mass is 9.95. The predicted molar refractivity (Wildman–Crippen MR) is 114 cm³/mol. The van der Waals surface area contributed by atoms with Gasteiger partial charge in [-0.15, -0.1) is 0 Å². The molecule has 0 radical (unpaired) electrons. The average Bonchev–Trinajstić information content (AvgIpc) is 2.73. The van der Waals surface area contributed by atoms with Crippen LogP contribution in [0.1, 0.15) is 0 Å². The quantitative estimate of drug-likeness (QED) is 0.421. The van der Waals surface area contributed by atoms with E-state index in [4.69, 9.17) is 10.7 Å². The van der Waals surface area contributed by atoms with E-state index in [1.54, 1.807) is 0 Å². The minimum absolute atomic E-state index is 0.770. The van der Waals surface area contributed by atoms with Crippen LogP contribution in [0.15, 0.2) is 66.7 Å². The van der Waals surface area contributed by atoms with Crippen molar-refractivity contribution in [3.05, 3.63) is 66.7 Å². The van der Waals surface area contributed by atoms with Gasteiger partial charge in [0.15, 0.2) is 0 Å². The van der Waals surface area contributed by atoms with E-state index in [1.165, 1.54) is 16.8 Å². The maximum atomic E-state index is 6.38. The van der Waals surface area contributed by atoms with Crippen molar-refractivity contribution in [2.75, 3.05) is 36.8 Å². The summed E-state index contributed by atoms with van der Waals surface area (Å²) in [6.45, 7) is 4.18. The van der Waals surface area contributed by atoms with E-state index in [0.29, 0.717) is 0 Å². The molecular weight excluding hydrogens is 332 g/mol. The van der Waals surface area contributed by atoms with Gasteiger partial charge in [0.1, 0.15) is 0 Å². The fraction of sp³-hybridized carbons (Fsp3) is 0.174. The van der Waals surface area contributed by atoms with Crippen molar-refractivity contribution in [1.29, 1.82) is 0 Å². The molecule has 0 atom stereocenters. The van der Waals surface area contributed by atoms with E-state index in [-0.39, 0.29) is 0 Å². The number of hydrogen-bond acceptors (Lipinski definition) is 4. The summed E-state index contributed by atoms with van der Waals surface area (Å²) >= 11 is 0. The molecule has 1 aliphatic rings. The third-order valence-corrected chi connectivity index (χ3v) is 5.38. The highest BCUT2D eigenvalue weighted by molar-refractivity contribution is 6.13. The zero-order chi connectivity index (χ0) is 18.2. The van der Waals surface area contributed by atoms with Crippen LogP contribution in [0.2, 0.25) is 0 Å². The van der Waals surface area contributed by atoms with Gasteiger partial charge in [-0.25, -0.2) is 4.98 Å².